The highest BCUT2D eigenvalue weighted by atomic mass is 32.1. The summed E-state index contributed by atoms with van der Waals surface area (Å²) in [4.78, 5) is 22.2. The lowest BCUT2D eigenvalue weighted by atomic mass is 10.1. The van der Waals surface area contributed by atoms with Crippen molar-refractivity contribution in [2.45, 2.75) is 26.2 Å². The first-order chi connectivity index (χ1) is 11.0. The van der Waals surface area contributed by atoms with Crippen LogP contribution in [0.25, 0.3) is 6.08 Å². The summed E-state index contributed by atoms with van der Waals surface area (Å²) in [5, 5.41) is 14.3. The number of methoxy groups -OCH3 is 1. The van der Waals surface area contributed by atoms with Crippen molar-refractivity contribution in [3.8, 4) is 5.75 Å². The molecular weight excluding hydrogens is 316 g/mol. The maximum Gasteiger partial charge on any atom is 0.328 e. The van der Waals surface area contributed by atoms with Gasteiger partial charge in [0.2, 0.25) is 5.91 Å². The summed E-state index contributed by atoms with van der Waals surface area (Å²) in [6.07, 6.45) is 4.63. The van der Waals surface area contributed by atoms with Gasteiger partial charge in [0, 0.05) is 12.5 Å². The number of benzene rings is 1. The van der Waals surface area contributed by atoms with Crippen LogP contribution in [0.1, 0.15) is 31.7 Å². The highest BCUT2D eigenvalue weighted by molar-refractivity contribution is 7.80. The minimum absolute atomic E-state index is 0.148. The van der Waals surface area contributed by atoms with Gasteiger partial charge in [-0.2, -0.15) is 0 Å². The molecule has 1 rings (SSSR count). The summed E-state index contributed by atoms with van der Waals surface area (Å²) < 4.78 is 5.22. The third kappa shape index (κ3) is 6.92. The topological polar surface area (TPSA) is 87.7 Å². The molecule has 1 amide bonds. The van der Waals surface area contributed by atoms with Crippen LogP contribution in [-0.4, -0.2) is 29.2 Å². The van der Waals surface area contributed by atoms with E-state index in [1.54, 1.807) is 18.2 Å². The second-order valence-corrected chi connectivity index (χ2v) is 5.15. The van der Waals surface area contributed by atoms with E-state index in [-0.39, 0.29) is 11.0 Å². The Morgan fingerprint density at radius 1 is 1.39 bits per heavy atom. The number of rotatable bonds is 7. The molecule has 23 heavy (non-hydrogen) atoms. The predicted molar refractivity (Wildman–Crippen MR) is 93.6 cm³/mol. The van der Waals surface area contributed by atoms with Gasteiger partial charge >= 0.3 is 5.97 Å². The highest BCUT2D eigenvalue weighted by Crippen LogP contribution is 2.26. The first-order valence-electron chi connectivity index (χ1n) is 7.16. The molecular formula is C16H20N2O4S. The van der Waals surface area contributed by atoms with Gasteiger partial charge in [-0.25, -0.2) is 4.79 Å². The van der Waals surface area contributed by atoms with Crippen molar-refractivity contribution in [1.82, 2.24) is 5.32 Å². The van der Waals surface area contributed by atoms with E-state index in [9.17, 15) is 9.59 Å². The lowest BCUT2D eigenvalue weighted by Gasteiger charge is -2.13. The molecule has 0 aromatic heterocycles. The predicted octanol–water partition coefficient (Wildman–Crippen LogP) is 2.80. The number of hydrogen-bond donors (Lipinski definition) is 3. The fourth-order valence-corrected chi connectivity index (χ4v) is 2.00. The van der Waals surface area contributed by atoms with Gasteiger partial charge in [0.1, 0.15) is 5.75 Å². The van der Waals surface area contributed by atoms with E-state index in [1.807, 2.05) is 6.92 Å². The Bertz CT molecular complexity index is 614. The Balaban J connectivity index is 2.80. The van der Waals surface area contributed by atoms with E-state index >= 15 is 0 Å². The van der Waals surface area contributed by atoms with E-state index in [1.165, 1.54) is 13.2 Å². The number of nitrogens with one attached hydrogen (secondary N) is 2. The van der Waals surface area contributed by atoms with Gasteiger partial charge in [-0.1, -0.05) is 19.4 Å². The Morgan fingerprint density at radius 3 is 2.74 bits per heavy atom. The number of carbonyl (C=O) groups is 2. The summed E-state index contributed by atoms with van der Waals surface area (Å²) in [5.41, 5.74) is 1.21. The van der Waals surface area contributed by atoms with E-state index in [2.05, 4.69) is 10.6 Å². The van der Waals surface area contributed by atoms with Crippen molar-refractivity contribution >= 4 is 41.0 Å². The third-order valence-electron chi connectivity index (χ3n) is 2.90. The molecule has 0 fully saturated rings. The van der Waals surface area contributed by atoms with Crippen LogP contribution in [0.15, 0.2) is 24.3 Å². The van der Waals surface area contributed by atoms with Crippen molar-refractivity contribution < 1.29 is 19.4 Å². The van der Waals surface area contributed by atoms with Gasteiger partial charge in [-0.3, -0.25) is 4.79 Å². The fourth-order valence-electron chi connectivity index (χ4n) is 1.77. The monoisotopic (exact) mass is 336 g/mol. The van der Waals surface area contributed by atoms with E-state index in [0.717, 1.165) is 18.9 Å². The van der Waals surface area contributed by atoms with E-state index in [4.69, 9.17) is 22.1 Å². The number of carboxylic acids is 1. The van der Waals surface area contributed by atoms with Gasteiger partial charge in [0.05, 0.1) is 12.8 Å². The molecule has 0 heterocycles. The van der Waals surface area contributed by atoms with Crippen LogP contribution in [0, 0.1) is 0 Å². The van der Waals surface area contributed by atoms with Crippen LogP contribution in [0.3, 0.4) is 0 Å². The third-order valence-corrected chi connectivity index (χ3v) is 3.10. The first-order valence-corrected chi connectivity index (χ1v) is 7.57. The number of thiocarbonyl (C=S) groups is 1. The van der Waals surface area contributed by atoms with Crippen LogP contribution in [0.4, 0.5) is 5.69 Å². The lowest BCUT2D eigenvalue weighted by Crippen LogP contribution is -2.34. The summed E-state index contributed by atoms with van der Waals surface area (Å²) in [7, 11) is 1.51. The zero-order chi connectivity index (χ0) is 17.2. The maximum atomic E-state index is 11.7. The van der Waals surface area contributed by atoms with Crippen LogP contribution in [-0.2, 0) is 9.59 Å². The number of hydrogen-bond acceptors (Lipinski definition) is 4. The van der Waals surface area contributed by atoms with Crippen molar-refractivity contribution in [3.05, 3.63) is 29.8 Å². The standard InChI is InChI=1S/C16H20N2O4S/c1-3-4-5-14(19)18-16(23)17-12-10-11(7-9-15(20)21)6-8-13(12)22-2/h6-10H,3-5H2,1-2H3,(H,20,21)(H2,17,18,19,23)/b9-7+. The Morgan fingerprint density at radius 2 is 2.13 bits per heavy atom. The molecule has 0 radical (unpaired) electrons. The van der Waals surface area contributed by atoms with Crippen LogP contribution < -0.4 is 15.4 Å². The Kier molecular flexibility index (Phi) is 7.76. The largest absolute Gasteiger partial charge is 0.495 e. The molecule has 0 atom stereocenters. The molecule has 1 aromatic rings. The molecule has 0 bridgehead atoms. The molecule has 0 spiro atoms. The molecule has 0 saturated carbocycles. The van der Waals surface area contributed by atoms with Crippen molar-refractivity contribution in [2.24, 2.45) is 0 Å². The second kappa shape index (κ2) is 9.58. The average molecular weight is 336 g/mol. The number of aliphatic carboxylic acids is 1. The lowest BCUT2D eigenvalue weighted by molar-refractivity contribution is -0.131. The first kappa shape index (κ1) is 18.6. The normalized spacial score (nSPS) is 10.3. The zero-order valence-corrected chi connectivity index (χ0v) is 13.9. The fraction of sp³-hybridized carbons (Fsp3) is 0.312. The summed E-state index contributed by atoms with van der Waals surface area (Å²) in [6, 6.07) is 5.08. The van der Waals surface area contributed by atoms with Gasteiger partial charge in [0.25, 0.3) is 0 Å². The van der Waals surface area contributed by atoms with Crippen LogP contribution >= 0.6 is 12.2 Å². The minimum atomic E-state index is -1.03. The number of amides is 1. The summed E-state index contributed by atoms with van der Waals surface area (Å²) in [6.45, 7) is 2.00. The molecule has 6 nitrogen and oxygen atoms in total. The van der Waals surface area contributed by atoms with Gasteiger partial charge in [-0.05, 0) is 42.4 Å². The second-order valence-electron chi connectivity index (χ2n) is 4.74. The molecule has 7 heteroatoms. The summed E-state index contributed by atoms with van der Waals surface area (Å²) in [5.74, 6) is -0.651. The van der Waals surface area contributed by atoms with Crippen LogP contribution in [0.5, 0.6) is 5.75 Å². The molecule has 0 aliphatic heterocycles. The Hall–Kier alpha value is -2.41. The van der Waals surface area contributed by atoms with Crippen molar-refractivity contribution in [1.29, 1.82) is 0 Å². The van der Waals surface area contributed by atoms with Crippen molar-refractivity contribution in [3.63, 3.8) is 0 Å². The molecule has 0 saturated heterocycles. The molecule has 3 N–H and O–H groups in total. The number of carboxylic acid groups (broad SMARTS) is 1. The molecule has 0 aliphatic carbocycles. The number of anilines is 1. The maximum absolute atomic E-state index is 11.7. The van der Waals surface area contributed by atoms with Gasteiger partial charge in [0.15, 0.2) is 5.11 Å². The number of ether oxygens (including phenoxy) is 1. The molecule has 1 aromatic carbocycles. The Labute approximate surface area is 140 Å². The quantitative estimate of drug-likeness (QED) is 0.524. The molecule has 124 valence electrons. The number of carbonyl (C=O) groups excluding carboxylic acids is 1. The van der Waals surface area contributed by atoms with Crippen LogP contribution in [0.2, 0.25) is 0 Å². The number of unbranched alkanes of at least 4 members (excludes halogenated alkanes) is 1. The highest BCUT2D eigenvalue weighted by Gasteiger charge is 2.08. The molecule has 0 aliphatic rings. The van der Waals surface area contributed by atoms with Crippen molar-refractivity contribution in [2.75, 3.05) is 12.4 Å². The smallest absolute Gasteiger partial charge is 0.328 e. The van der Waals surface area contributed by atoms with E-state index < -0.39 is 5.97 Å². The van der Waals surface area contributed by atoms with Gasteiger partial charge in [-0.15, -0.1) is 0 Å². The average Bonchev–Trinajstić information content (AvgIpc) is 2.51. The summed E-state index contributed by atoms with van der Waals surface area (Å²) >= 11 is 5.11. The minimum Gasteiger partial charge on any atom is -0.495 e. The molecule has 0 unspecified atom stereocenters. The SMILES string of the molecule is CCCCC(=O)NC(=S)Nc1cc(/C=C/C(=O)O)ccc1OC. The van der Waals surface area contributed by atoms with Gasteiger partial charge < -0.3 is 20.5 Å². The zero-order valence-electron chi connectivity index (χ0n) is 13.1. The van der Waals surface area contributed by atoms with E-state index in [0.29, 0.717) is 23.4 Å².